The molecule has 6 rings (SSSR count). The van der Waals surface area contributed by atoms with Crippen LogP contribution in [0.5, 0.6) is 0 Å². The Kier molecular flexibility index (Phi) is 6.30. The summed E-state index contributed by atoms with van der Waals surface area (Å²) in [6.45, 7) is 0.984. The molecule has 4 fully saturated rings. The van der Waals surface area contributed by atoms with Gasteiger partial charge in [0.25, 0.3) is 0 Å². The molecule has 36 heavy (non-hydrogen) atoms. The number of likely N-dealkylation sites (tertiary alicyclic amines) is 1. The average Bonchev–Trinajstić information content (AvgIpc) is 3.64. The van der Waals surface area contributed by atoms with E-state index in [2.05, 4.69) is 10.6 Å². The lowest BCUT2D eigenvalue weighted by Gasteiger charge is -2.34. The number of carbonyl (C=O) groups is 3. The molecule has 3 saturated heterocycles. The van der Waals surface area contributed by atoms with Crippen LogP contribution in [-0.2, 0) is 23.9 Å². The third-order valence-corrected chi connectivity index (χ3v) is 8.66. The minimum absolute atomic E-state index is 0.105. The zero-order valence-corrected chi connectivity index (χ0v) is 20.9. The van der Waals surface area contributed by atoms with Crippen molar-refractivity contribution in [1.82, 2.24) is 10.2 Å². The first-order chi connectivity index (χ1) is 17.5. The first-order valence-corrected chi connectivity index (χ1v) is 13.5. The van der Waals surface area contributed by atoms with Crippen molar-refractivity contribution in [3.05, 3.63) is 41.4 Å². The van der Waals surface area contributed by atoms with Gasteiger partial charge < -0.3 is 25.0 Å². The molecule has 1 saturated carbocycles. The Bertz CT molecular complexity index is 1070. The van der Waals surface area contributed by atoms with Gasteiger partial charge in [0.05, 0.1) is 24.0 Å². The molecule has 192 valence electrons. The van der Waals surface area contributed by atoms with E-state index in [9.17, 15) is 14.4 Å². The van der Waals surface area contributed by atoms with Crippen LogP contribution in [0.2, 0.25) is 5.02 Å². The molecular weight excluding hydrogens is 482 g/mol. The van der Waals surface area contributed by atoms with Crippen LogP contribution in [0.15, 0.2) is 36.4 Å². The van der Waals surface area contributed by atoms with Gasteiger partial charge in [0.2, 0.25) is 17.7 Å². The minimum atomic E-state index is -1.15. The fourth-order valence-corrected chi connectivity index (χ4v) is 6.88. The Hall–Kier alpha value is -2.42. The molecule has 6 atom stereocenters. The molecule has 9 heteroatoms. The van der Waals surface area contributed by atoms with Crippen LogP contribution in [0.1, 0.15) is 44.9 Å². The number of fused-ring (bicyclic) bond motifs is 1. The molecule has 4 aliphatic heterocycles. The molecule has 2 bridgehead atoms. The van der Waals surface area contributed by atoms with Crippen LogP contribution in [0.25, 0.3) is 0 Å². The van der Waals surface area contributed by atoms with Gasteiger partial charge >= 0.3 is 0 Å². The first kappa shape index (κ1) is 23.9. The standard InChI is InChI=1S/C27H32ClN3O5/c28-16-8-10-18(11-9-16)29-24(32)21-20-12-13-27(36-20)22(21)26(34)31(15-19-7-4-14-35-19)23(27)25(33)30-17-5-2-1-3-6-17/h8-13,17,19-23H,1-7,14-15H2,(H,29,32)(H,30,33)/t19-,20+,21-,22+,23-,27+/m0/s1. The monoisotopic (exact) mass is 513 g/mol. The van der Waals surface area contributed by atoms with E-state index in [1.54, 1.807) is 29.2 Å². The number of rotatable bonds is 6. The summed E-state index contributed by atoms with van der Waals surface area (Å²) in [5.74, 6) is -2.18. The highest BCUT2D eigenvalue weighted by atomic mass is 35.5. The molecule has 0 unspecified atom stereocenters. The summed E-state index contributed by atoms with van der Waals surface area (Å²) in [6, 6.07) is 6.13. The van der Waals surface area contributed by atoms with Crippen LogP contribution in [0.3, 0.4) is 0 Å². The molecule has 1 aromatic rings. The number of anilines is 1. The molecule has 2 N–H and O–H groups in total. The van der Waals surface area contributed by atoms with Gasteiger partial charge in [-0.05, 0) is 49.9 Å². The van der Waals surface area contributed by atoms with Gasteiger partial charge in [-0.15, -0.1) is 0 Å². The van der Waals surface area contributed by atoms with Crippen molar-refractivity contribution >= 4 is 35.0 Å². The van der Waals surface area contributed by atoms with Crippen molar-refractivity contribution in [3.8, 4) is 0 Å². The van der Waals surface area contributed by atoms with Crippen molar-refractivity contribution in [3.63, 3.8) is 0 Å². The number of benzene rings is 1. The van der Waals surface area contributed by atoms with Gasteiger partial charge in [0.1, 0.15) is 11.6 Å². The lowest BCUT2D eigenvalue weighted by molar-refractivity contribution is -0.143. The van der Waals surface area contributed by atoms with Gasteiger partial charge in [0, 0.05) is 29.9 Å². The second kappa shape index (κ2) is 9.47. The highest BCUT2D eigenvalue weighted by Gasteiger charge is 2.73. The third-order valence-electron chi connectivity index (χ3n) is 8.41. The van der Waals surface area contributed by atoms with Crippen LogP contribution in [0.4, 0.5) is 5.69 Å². The van der Waals surface area contributed by atoms with Gasteiger partial charge in [-0.2, -0.15) is 0 Å². The van der Waals surface area contributed by atoms with E-state index in [1.165, 1.54) is 6.42 Å². The maximum absolute atomic E-state index is 14.0. The second-order valence-corrected chi connectivity index (χ2v) is 11.1. The van der Waals surface area contributed by atoms with E-state index in [0.717, 1.165) is 38.5 Å². The van der Waals surface area contributed by atoms with Gasteiger partial charge in [-0.1, -0.05) is 43.0 Å². The summed E-state index contributed by atoms with van der Waals surface area (Å²) in [6.07, 6.45) is 10.1. The van der Waals surface area contributed by atoms with E-state index in [-0.39, 0.29) is 29.9 Å². The van der Waals surface area contributed by atoms with Crippen molar-refractivity contribution < 1.29 is 23.9 Å². The fraction of sp³-hybridized carbons (Fsp3) is 0.593. The predicted molar refractivity (Wildman–Crippen MR) is 133 cm³/mol. The maximum atomic E-state index is 14.0. The van der Waals surface area contributed by atoms with Crippen molar-refractivity contribution in [1.29, 1.82) is 0 Å². The highest BCUT2D eigenvalue weighted by Crippen LogP contribution is 2.55. The predicted octanol–water partition coefficient (Wildman–Crippen LogP) is 3.06. The smallest absolute Gasteiger partial charge is 0.246 e. The number of halogens is 1. The molecule has 5 aliphatic rings. The van der Waals surface area contributed by atoms with E-state index >= 15 is 0 Å². The summed E-state index contributed by atoms with van der Waals surface area (Å²) in [5, 5.41) is 6.70. The van der Waals surface area contributed by atoms with Crippen molar-refractivity contribution in [2.24, 2.45) is 11.8 Å². The number of ether oxygens (including phenoxy) is 2. The number of hydrogen-bond donors (Lipinski definition) is 2. The van der Waals surface area contributed by atoms with Crippen LogP contribution in [0, 0.1) is 11.8 Å². The third kappa shape index (κ3) is 4.03. The van der Waals surface area contributed by atoms with Gasteiger partial charge in [-0.3, -0.25) is 14.4 Å². The highest BCUT2D eigenvalue weighted by molar-refractivity contribution is 6.30. The fourth-order valence-electron chi connectivity index (χ4n) is 6.76. The van der Waals surface area contributed by atoms with Crippen molar-refractivity contribution in [2.45, 2.75) is 74.8 Å². The molecule has 1 aromatic carbocycles. The molecule has 3 amide bonds. The van der Waals surface area contributed by atoms with Gasteiger partial charge in [0.15, 0.2) is 0 Å². The molecule has 1 spiro atoms. The summed E-state index contributed by atoms with van der Waals surface area (Å²) in [4.78, 5) is 42.8. The molecule has 0 aromatic heterocycles. The Morgan fingerprint density at radius 2 is 1.83 bits per heavy atom. The summed E-state index contributed by atoms with van der Waals surface area (Å²) in [7, 11) is 0. The zero-order valence-electron chi connectivity index (χ0n) is 20.2. The summed E-state index contributed by atoms with van der Waals surface area (Å²) < 4.78 is 12.2. The Morgan fingerprint density at radius 1 is 1.06 bits per heavy atom. The van der Waals surface area contributed by atoms with E-state index in [0.29, 0.717) is 23.9 Å². The van der Waals surface area contributed by atoms with Gasteiger partial charge in [-0.25, -0.2) is 0 Å². The summed E-state index contributed by atoms with van der Waals surface area (Å²) >= 11 is 5.98. The van der Waals surface area contributed by atoms with Crippen LogP contribution < -0.4 is 10.6 Å². The largest absolute Gasteiger partial charge is 0.376 e. The quantitative estimate of drug-likeness (QED) is 0.570. The topological polar surface area (TPSA) is 97.0 Å². The van der Waals surface area contributed by atoms with E-state index < -0.39 is 29.6 Å². The normalized spacial score (nSPS) is 35.3. The van der Waals surface area contributed by atoms with E-state index in [1.807, 2.05) is 12.2 Å². The first-order valence-electron chi connectivity index (χ1n) is 13.1. The number of carbonyl (C=O) groups excluding carboxylic acids is 3. The van der Waals surface area contributed by atoms with Crippen LogP contribution in [-0.4, -0.2) is 65.7 Å². The van der Waals surface area contributed by atoms with E-state index in [4.69, 9.17) is 21.1 Å². The summed E-state index contributed by atoms with van der Waals surface area (Å²) in [5.41, 5.74) is -0.556. The second-order valence-electron chi connectivity index (χ2n) is 10.7. The number of hydrogen-bond acceptors (Lipinski definition) is 5. The zero-order chi connectivity index (χ0) is 24.9. The van der Waals surface area contributed by atoms with Crippen LogP contribution >= 0.6 is 11.6 Å². The maximum Gasteiger partial charge on any atom is 0.246 e. The molecule has 8 nitrogen and oxygen atoms in total. The molecular formula is C27H32ClN3O5. The number of nitrogens with one attached hydrogen (secondary N) is 2. The molecule has 1 aliphatic carbocycles. The molecule has 4 heterocycles. The lowest BCUT2D eigenvalue weighted by Crippen LogP contribution is -2.57. The van der Waals surface area contributed by atoms with Crippen molar-refractivity contribution in [2.75, 3.05) is 18.5 Å². The Balaban J connectivity index is 1.29. The lowest BCUT2D eigenvalue weighted by atomic mass is 9.74. The Morgan fingerprint density at radius 3 is 2.56 bits per heavy atom. The molecule has 0 radical (unpaired) electrons. The number of amides is 3. The SMILES string of the molecule is O=C(Nc1ccc(Cl)cc1)[C@H]1[C@H]2C=C[C@]3(O2)[C@H](C(=O)NC2CCCCC2)N(C[C@@H]2CCCO2)C(=O)[C@@H]13. The minimum Gasteiger partial charge on any atom is -0.376 e. The average molecular weight is 514 g/mol. The Labute approximate surface area is 215 Å². The number of nitrogens with zero attached hydrogens (tertiary/aromatic N) is 1.